The third-order valence-corrected chi connectivity index (χ3v) is 7.69. The van der Waals surface area contributed by atoms with Crippen molar-refractivity contribution in [3.63, 3.8) is 0 Å². The standard InChI is InChI=1S/C24H32N2O3S/c1-5-26-14-13-19-15-20(9-12-22(19)23(26)17(3)4)24(27)25-16-18-7-10-21(11-8-18)30(28,29)6-2/h7-12,15,17,23H,5-6,13-14,16H2,1-4H3,(H,25,27). The molecule has 0 saturated carbocycles. The van der Waals surface area contributed by atoms with Crippen LogP contribution in [0.3, 0.4) is 0 Å². The van der Waals surface area contributed by atoms with E-state index >= 15 is 0 Å². The lowest BCUT2D eigenvalue weighted by Crippen LogP contribution is -2.38. The molecule has 162 valence electrons. The molecule has 6 heteroatoms. The highest BCUT2D eigenvalue weighted by molar-refractivity contribution is 7.91. The van der Waals surface area contributed by atoms with Gasteiger partial charge in [-0.2, -0.15) is 0 Å². The van der Waals surface area contributed by atoms with Gasteiger partial charge in [-0.1, -0.05) is 45.9 Å². The zero-order chi connectivity index (χ0) is 21.9. The third-order valence-electron chi connectivity index (χ3n) is 5.94. The number of benzene rings is 2. The summed E-state index contributed by atoms with van der Waals surface area (Å²) in [6.07, 6.45) is 0.959. The lowest BCUT2D eigenvalue weighted by atomic mass is 9.85. The number of carbonyl (C=O) groups excluding carboxylic acids is 1. The first-order chi connectivity index (χ1) is 14.3. The Morgan fingerprint density at radius 1 is 1.13 bits per heavy atom. The van der Waals surface area contributed by atoms with E-state index in [9.17, 15) is 13.2 Å². The number of rotatable bonds is 7. The first-order valence-electron chi connectivity index (χ1n) is 10.7. The van der Waals surface area contributed by atoms with Gasteiger partial charge in [0.15, 0.2) is 9.84 Å². The molecule has 0 aromatic heterocycles. The number of nitrogens with zero attached hydrogens (tertiary/aromatic N) is 1. The first kappa shape index (κ1) is 22.5. The van der Waals surface area contributed by atoms with Crippen LogP contribution in [-0.2, 0) is 22.8 Å². The number of sulfone groups is 1. The quantitative estimate of drug-likeness (QED) is 0.724. The minimum atomic E-state index is -3.21. The third kappa shape index (κ3) is 4.76. The van der Waals surface area contributed by atoms with Gasteiger partial charge in [-0.15, -0.1) is 0 Å². The normalized spacial score (nSPS) is 17.0. The van der Waals surface area contributed by atoms with Gasteiger partial charge in [0.1, 0.15) is 0 Å². The molecule has 2 aromatic rings. The Kier molecular flexibility index (Phi) is 6.98. The summed E-state index contributed by atoms with van der Waals surface area (Å²) in [6.45, 7) is 10.7. The van der Waals surface area contributed by atoms with E-state index in [-0.39, 0.29) is 11.7 Å². The molecule has 3 rings (SSSR count). The second-order valence-electron chi connectivity index (χ2n) is 8.21. The fourth-order valence-electron chi connectivity index (χ4n) is 4.25. The summed E-state index contributed by atoms with van der Waals surface area (Å²) in [6, 6.07) is 13.2. The molecule has 0 bridgehead atoms. The molecule has 1 amide bonds. The van der Waals surface area contributed by atoms with Crippen LogP contribution in [-0.4, -0.2) is 38.1 Å². The van der Waals surface area contributed by atoms with Gasteiger partial charge >= 0.3 is 0 Å². The van der Waals surface area contributed by atoms with Gasteiger partial charge in [0.25, 0.3) is 5.91 Å². The van der Waals surface area contributed by atoms with E-state index in [1.807, 2.05) is 12.1 Å². The molecule has 5 nitrogen and oxygen atoms in total. The Morgan fingerprint density at radius 3 is 2.43 bits per heavy atom. The van der Waals surface area contributed by atoms with Crippen LogP contribution in [0, 0.1) is 5.92 Å². The van der Waals surface area contributed by atoms with Crippen LogP contribution in [0.2, 0.25) is 0 Å². The van der Waals surface area contributed by atoms with Crippen molar-refractivity contribution in [2.45, 2.75) is 51.6 Å². The molecule has 1 aliphatic heterocycles. The van der Waals surface area contributed by atoms with Crippen molar-refractivity contribution in [2.24, 2.45) is 5.92 Å². The minimum absolute atomic E-state index is 0.0785. The van der Waals surface area contributed by atoms with Crippen LogP contribution in [0.15, 0.2) is 47.4 Å². The highest BCUT2D eigenvalue weighted by Crippen LogP contribution is 2.35. The number of amides is 1. The fourth-order valence-corrected chi connectivity index (χ4v) is 5.14. The summed E-state index contributed by atoms with van der Waals surface area (Å²) in [7, 11) is -3.21. The maximum absolute atomic E-state index is 12.7. The van der Waals surface area contributed by atoms with E-state index in [1.54, 1.807) is 31.2 Å². The predicted molar refractivity (Wildman–Crippen MR) is 120 cm³/mol. The lowest BCUT2D eigenvalue weighted by molar-refractivity contribution is 0.0950. The molecular weight excluding hydrogens is 396 g/mol. The van der Waals surface area contributed by atoms with Crippen LogP contribution >= 0.6 is 0 Å². The Morgan fingerprint density at radius 2 is 1.83 bits per heavy atom. The zero-order valence-electron chi connectivity index (χ0n) is 18.3. The smallest absolute Gasteiger partial charge is 0.251 e. The molecule has 1 unspecified atom stereocenters. The van der Waals surface area contributed by atoms with Crippen LogP contribution in [0.4, 0.5) is 0 Å². The van der Waals surface area contributed by atoms with Crippen molar-refractivity contribution in [1.82, 2.24) is 10.2 Å². The van der Waals surface area contributed by atoms with E-state index in [4.69, 9.17) is 0 Å². The van der Waals surface area contributed by atoms with Gasteiger partial charge < -0.3 is 5.32 Å². The van der Waals surface area contributed by atoms with Crippen molar-refractivity contribution in [1.29, 1.82) is 0 Å². The first-order valence-corrected chi connectivity index (χ1v) is 12.4. The van der Waals surface area contributed by atoms with Crippen molar-refractivity contribution >= 4 is 15.7 Å². The summed E-state index contributed by atoms with van der Waals surface area (Å²) >= 11 is 0. The predicted octanol–water partition coefficient (Wildman–Crippen LogP) is 3.99. The summed E-state index contributed by atoms with van der Waals surface area (Å²) in [5.74, 6) is 0.486. The van der Waals surface area contributed by atoms with E-state index in [0.717, 1.165) is 25.1 Å². The minimum Gasteiger partial charge on any atom is -0.348 e. The number of nitrogens with one attached hydrogen (secondary N) is 1. The van der Waals surface area contributed by atoms with E-state index in [1.165, 1.54) is 11.1 Å². The zero-order valence-corrected chi connectivity index (χ0v) is 19.1. The molecule has 1 N–H and O–H groups in total. The Balaban J connectivity index is 1.70. The van der Waals surface area contributed by atoms with E-state index < -0.39 is 9.84 Å². The number of hydrogen-bond donors (Lipinski definition) is 1. The van der Waals surface area contributed by atoms with Crippen LogP contribution in [0.5, 0.6) is 0 Å². The van der Waals surface area contributed by atoms with Gasteiger partial charge in [-0.25, -0.2) is 8.42 Å². The Labute approximate surface area is 180 Å². The molecule has 2 aromatic carbocycles. The van der Waals surface area contributed by atoms with Gasteiger partial charge in [-0.05, 0) is 59.8 Å². The van der Waals surface area contributed by atoms with Gasteiger partial charge in [0.2, 0.25) is 0 Å². The molecular formula is C24H32N2O3S. The lowest BCUT2D eigenvalue weighted by Gasteiger charge is -2.39. The van der Waals surface area contributed by atoms with Gasteiger partial charge in [0.05, 0.1) is 10.6 Å². The average molecular weight is 429 g/mol. The van der Waals surface area contributed by atoms with Crippen molar-refractivity contribution in [3.8, 4) is 0 Å². The van der Waals surface area contributed by atoms with Crippen LogP contribution in [0.1, 0.15) is 60.8 Å². The summed E-state index contributed by atoms with van der Waals surface area (Å²) < 4.78 is 23.8. The molecule has 0 aliphatic carbocycles. The van der Waals surface area contributed by atoms with Crippen molar-refractivity contribution in [3.05, 3.63) is 64.7 Å². The molecule has 30 heavy (non-hydrogen) atoms. The summed E-state index contributed by atoms with van der Waals surface area (Å²) in [4.78, 5) is 15.5. The molecule has 1 aliphatic rings. The van der Waals surface area contributed by atoms with E-state index in [0.29, 0.717) is 29.0 Å². The summed E-state index contributed by atoms with van der Waals surface area (Å²) in [5, 5.41) is 2.95. The number of fused-ring (bicyclic) bond motifs is 1. The average Bonchev–Trinajstić information content (AvgIpc) is 2.76. The number of hydrogen-bond acceptors (Lipinski definition) is 4. The van der Waals surface area contributed by atoms with Crippen LogP contribution < -0.4 is 5.32 Å². The largest absolute Gasteiger partial charge is 0.348 e. The molecule has 0 radical (unpaired) electrons. The van der Waals surface area contributed by atoms with Crippen molar-refractivity contribution < 1.29 is 13.2 Å². The maximum atomic E-state index is 12.7. The van der Waals surface area contributed by atoms with Crippen molar-refractivity contribution in [2.75, 3.05) is 18.8 Å². The maximum Gasteiger partial charge on any atom is 0.251 e. The molecule has 0 spiro atoms. The second kappa shape index (κ2) is 9.31. The fraction of sp³-hybridized carbons (Fsp3) is 0.458. The molecule has 1 atom stereocenters. The monoisotopic (exact) mass is 428 g/mol. The summed E-state index contributed by atoms with van der Waals surface area (Å²) in [5.41, 5.74) is 4.14. The highest BCUT2D eigenvalue weighted by atomic mass is 32.2. The van der Waals surface area contributed by atoms with Gasteiger partial charge in [0, 0.05) is 24.7 Å². The number of likely N-dealkylation sites (N-methyl/N-ethyl adjacent to an activating group) is 1. The molecule has 1 heterocycles. The van der Waals surface area contributed by atoms with Gasteiger partial charge in [-0.3, -0.25) is 9.69 Å². The molecule has 0 saturated heterocycles. The van der Waals surface area contributed by atoms with Crippen LogP contribution in [0.25, 0.3) is 0 Å². The highest BCUT2D eigenvalue weighted by Gasteiger charge is 2.29. The molecule has 0 fully saturated rings. The van der Waals surface area contributed by atoms with E-state index in [2.05, 4.69) is 37.1 Å². The SMILES string of the molecule is CCN1CCc2cc(C(=O)NCc3ccc(S(=O)(=O)CC)cc3)ccc2C1C(C)C. The topological polar surface area (TPSA) is 66.5 Å². The Hall–Kier alpha value is -2.18. The number of carbonyl (C=O) groups is 1. The second-order valence-corrected chi connectivity index (χ2v) is 10.5. The Bertz CT molecular complexity index is 998.